The van der Waals surface area contributed by atoms with Crippen LogP contribution in [0.25, 0.3) is 0 Å². The Bertz CT molecular complexity index is 159. The third-order valence-electron chi connectivity index (χ3n) is 2.01. The summed E-state index contributed by atoms with van der Waals surface area (Å²) >= 11 is 0. The van der Waals surface area contributed by atoms with Crippen LogP contribution in [0.15, 0.2) is 0 Å². The molecule has 70 valence electrons. The van der Waals surface area contributed by atoms with Crippen LogP contribution in [0.4, 0.5) is 4.39 Å². The lowest BCUT2D eigenvalue weighted by Crippen LogP contribution is -2.09. The van der Waals surface area contributed by atoms with E-state index in [9.17, 15) is 9.18 Å². The van der Waals surface area contributed by atoms with E-state index in [1.54, 1.807) is 0 Å². The summed E-state index contributed by atoms with van der Waals surface area (Å²) in [5.74, 6) is -0.787. The molecule has 0 unspecified atom stereocenters. The highest BCUT2D eigenvalue weighted by Crippen LogP contribution is 2.34. The summed E-state index contributed by atoms with van der Waals surface area (Å²) in [6, 6.07) is 0. The number of carbonyl (C=O) groups excluding carboxylic acids is 1. The molecule has 1 fully saturated rings. The zero-order chi connectivity index (χ0) is 8.97. The number of halogens is 1. The van der Waals surface area contributed by atoms with Crippen LogP contribution in [0.1, 0.15) is 32.6 Å². The minimum atomic E-state index is -0.927. The lowest BCUT2D eigenvalue weighted by atomic mass is 10.3. The predicted molar refractivity (Wildman–Crippen MR) is 43.5 cm³/mol. The maximum absolute atomic E-state index is 12.3. The van der Waals surface area contributed by atoms with Gasteiger partial charge in [-0.1, -0.05) is 19.8 Å². The lowest BCUT2D eigenvalue weighted by molar-refractivity contribution is -0.145. The van der Waals surface area contributed by atoms with E-state index >= 15 is 0 Å². The smallest absolute Gasteiger partial charge is 0.312 e. The zero-order valence-corrected chi connectivity index (χ0v) is 7.38. The molecule has 0 N–H and O–H groups in total. The lowest BCUT2D eigenvalue weighted by Gasteiger charge is -2.01. The number of ether oxygens (including phenoxy) is 1. The second-order valence-electron chi connectivity index (χ2n) is 3.23. The Balaban J connectivity index is 1.96. The first-order valence-corrected chi connectivity index (χ1v) is 4.56. The molecule has 0 spiro atoms. The normalized spacial score (nSPS) is 26.8. The number of carbonyl (C=O) groups is 1. The van der Waals surface area contributed by atoms with Gasteiger partial charge in [0.05, 0.1) is 12.5 Å². The third kappa shape index (κ3) is 2.80. The summed E-state index contributed by atoms with van der Waals surface area (Å²) in [5.41, 5.74) is 0. The van der Waals surface area contributed by atoms with Gasteiger partial charge in [0, 0.05) is 0 Å². The average Bonchev–Trinajstić information content (AvgIpc) is 2.76. The van der Waals surface area contributed by atoms with E-state index in [1.807, 2.05) is 0 Å². The van der Waals surface area contributed by atoms with Crippen molar-refractivity contribution < 1.29 is 13.9 Å². The molecule has 0 aromatic heterocycles. The zero-order valence-electron chi connectivity index (χ0n) is 7.38. The number of esters is 1. The van der Waals surface area contributed by atoms with Gasteiger partial charge < -0.3 is 4.74 Å². The number of unbranched alkanes of at least 4 members (excludes halogenated alkanes) is 2. The van der Waals surface area contributed by atoms with Gasteiger partial charge in [0.1, 0.15) is 6.17 Å². The second-order valence-corrected chi connectivity index (χ2v) is 3.23. The van der Waals surface area contributed by atoms with Crippen LogP contribution in [-0.2, 0) is 9.53 Å². The molecule has 0 aromatic carbocycles. The van der Waals surface area contributed by atoms with E-state index < -0.39 is 12.1 Å². The molecule has 1 aliphatic carbocycles. The molecule has 2 atom stereocenters. The molecule has 0 amide bonds. The fourth-order valence-electron chi connectivity index (χ4n) is 1.04. The molecule has 3 heteroatoms. The molecular weight excluding hydrogens is 159 g/mol. The molecule has 1 aliphatic rings. The van der Waals surface area contributed by atoms with E-state index in [0.717, 1.165) is 19.3 Å². The molecule has 0 aromatic rings. The van der Waals surface area contributed by atoms with Crippen molar-refractivity contribution in [3.63, 3.8) is 0 Å². The Labute approximate surface area is 72.1 Å². The summed E-state index contributed by atoms with van der Waals surface area (Å²) in [6.07, 6.45) is 2.51. The summed E-state index contributed by atoms with van der Waals surface area (Å²) in [5, 5.41) is 0. The Morgan fingerprint density at radius 2 is 2.25 bits per heavy atom. The summed E-state index contributed by atoms with van der Waals surface area (Å²) in [4.78, 5) is 10.9. The molecule has 1 saturated carbocycles. The van der Waals surface area contributed by atoms with Gasteiger partial charge in [-0.05, 0) is 12.8 Å². The van der Waals surface area contributed by atoms with Gasteiger partial charge in [0.15, 0.2) is 0 Å². The van der Waals surface area contributed by atoms with E-state index in [4.69, 9.17) is 4.74 Å². The first kappa shape index (κ1) is 9.49. The van der Waals surface area contributed by atoms with Gasteiger partial charge >= 0.3 is 5.97 Å². The summed E-state index contributed by atoms with van der Waals surface area (Å²) < 4.78 is 17.2. The Morgan fingerprint density at radius 3 is 2.75 bits per heavy atom. The van der Waals surface area contributed by atoms with Crippen LogP contribution in [0, 0.1) is 5.92 Å². The molecule has 0 saturated heterocycles. The van der Waals surface area contributed by atoms with Crippen LogP contribution in [0.3, 0.4) is 0 Å². The van der Waals surface area contributed by atoms with Crippen molar-refractivity contribution >= 4 is 5.97 Å². The first-order chi connectivity index (χ1) is 5.75. The fourth-order valence-corrected chi connectivity index (χ4v) is 1.04. The van der Waals surface area contributed by atoms with E-state index in [0.29, 0.717) is 13.0 Å². The van der Waals surface area contributed by atoms with Gasteiger partial charge in [-0.15, -0.1) is 0 Å². The number of alkyl halides is 1. The molecule has 2 nitrogen and oxygen atoms in total. The predicted octanol–water partition coefficient (Wildman–Crippen LogP) is 2.08. The fraction of sp³-hybridized carbons (Fsp3) is 0.889. The van der Waals surface area contributed by atoms with Crippen molar-refractivity contribution in [3.8, 4) is 0 Å². The summed E-state index contributed by atoms with van der Waals surface area (Å²) in [7, 11) is 0. The largest absolute Gasteiger partial charge is 0.465 e. The van der Waals surface area contributed by atoms with Crippen molar-refractivity contribution in [2.75, 3.05) is 6.61 Å². The third-order valence-corrected chi connectivity index (χ3v) is 2.01. The maximum Gasteiger partial charge on any atom is 0.312 e. The second kappa shape index (κ2) is 4.43. The SMILES string of the molecule is CCCCCOC(=O)[C@@H]1C[C@@H]1F. The monoisotopic (exact) mass is 174 g/mol. The highest BCUT2D eigenvalue weighted by atomic mass is 19.1. The van der Waals surface area contributed by atoms with Gasteiger partial charge in [-0.25, -0.2) is 4.39 Å². The van der Waals surface area contributed by atoms with Gasteiger partial charge in [0.2, 0.25) is 0 Å². The quantitative estimate of drug-likeness (QED) is 0.471. The van der Waals surface area contributed by atoms with Gasteiger partial charge in [-0.3, -0.25) is 4.79 Å². The van der Waals surface area contributed by atoms with Crippen LogP contribution in [-0.4, -0.2) is 18.7 Å². The Morgan fingerprint density at radius 1 is 1.58 bits per heavy atom. The van der Waals surface area contributed by atoms with Crippen molar-refractivity contribution in [1.29, 1.82) is 0 Å². The van der Waals surface area contributed by atoms with Crippen molar-refractivity contribution in [3.05, 3.63) is 0 Å². The average molecular weight is 174 g/mol. The molecular formula is C9H15FO2. The standard InChI is InChI=1S/C9H15FO2/c1-2-3-4-5-12-9(11)7-6-8(7)10/h7-8H,2-6H2,1H3/t7-,8+/m1/s1. The topological polar surface area (TPSA) is 26.3 Å². The van der Waals surface area contributed by atoms with E-state index in [-0.39, 0.29) is 5.97 Å². The molecule has 0 aliphatic heterocycles. The summed E-state index contributed by atoms with van der Waals surface area (Å²) in [6.45, 7) is 2.54. The van der Waals surface area contributed by atoms with Crippen molar-refractivity contribution in [2.45, 2.75) is 38.8 Å². The molecule has 0 radical (unpaired) electrons. The first-order valence-electron chi connectivity index (χ1n) is 4.56. The Kier molecular flexibility index (Phi) is 3.50. The number of rotatable bonds is 5. The molecule has 12 heavy (non-hydrogen) atoms. The van der Waals surface area contributed by atoms with Crippen LogP contribution < -0.4 is 0 Å². The molecule has 1 rings (SSSR count). The van der Waals surface area contributed by atoms with Gasteiger partial charge in [-0.2, -0.15) is 0 Å². The van der Waals surface area contributed by atoms with Crippen LogP contribution in [0.5, 0.6) is 0 Å². The van der Waals surface area contributed by atoms with Crippen LogP contribution in [0.2, 0.25) is 0 Å². The number of hydrogen-bond acceptors (Lipinski definition) is 2. The number of hydrogen-bond donors (Lipinski definition) is 0. The maximum atomic E-state index is 12.3. The molecule has 0 bridgehead atoms. The highest BCUT2D eigenvalue weighted by molar-refractivity contribution is 5.76. The van der Waals surface area contributed by atoms with Crippen molar-refractivity contribution in [2.24, 2.45) is 5.92 Å². The molecule has 0 heterocycles. The highest BCUT2D eigenvalue weighted by Gasteiger charge is 2.44. The van der Waals surface area contributed by atoms with Crippen molar-refractivity contribution in [1.82, 2.24) is 0 Å². The van der Waals surface area contributed by atoms with Crippen LogP contribution >= 0.6 is 0 Å². The minimum absolute atomic E-state index is 0.349. The Hall–Kier alpha value is -0.600. The minimum Gasteiger partial charge on any atom is -0.465 e. The van der Waals surface area contributed by atoms with E-state index in [1.165, 1.54) is 0 Å². The van der Waals surface area contributed by atoms with E-state index in [2.05, 4.69) is 6.92 Å². The van der Waals surface area contributed by atoms with Gasteiger partial charge in [0.25, 0.3) is 0 Å².